The zero-order valence-corrected chi connectivity index (χ0v) is 9.39. The number of hydrogen-bond acceptors (Lipinski definition) is 4. The summed E-state index contributed by atoms with van der Waals surface area (Å²) in [5, 5.41) is 10.6. The number of ether oxygens (including phenoxy) is 1. The first-order valence-corrected chi connectivity index (χ1v) is 4.84. The van der Waals surface area contributed by atoms with E-state index in [9.17, 15) is 14.9 Å². The normalized spacial score (nSPS) is 11.9. The van der Waals surface area contributed by atoms with E-state index in [1.165, 1.54) is 19.9 Å². The van der Waals surface area contributed by atoms with Crippen LogP contribution in [-0.2, 0) is 4.79 Å². The summed E-state index contributed by atoms with van der Waals surface area (Å²) in [5.74, 6) is -0.0623. The van der Waals surface area contributed by atoms with E-state index in [0.717, 1.165) is 5.56 Å². The van der Waals surface area contributed by atoms with Gasteiger partial charge in [0, 0.05) is 24.3 Å². The van der Waals surface area contributed by atoms with Crippen LogP contribution in [0.4, 0.5) is 0 Å². The van der Waals surface area contributed by atoms with Gasteiger partial charge in [-0.3, -0.25) is 14.9 Å². The van der Waals surface area contributed by atoms with Crippen molar-refractivity contribution in [3.63, 3.8) is 0 Å². The first-order valence-electron chi connectivity index (χ1n) is 4.84. The summed E-state index contributed by atoms with van der Waals surface area (Å²) in [6, 6.07) is 4.09. The van der Waals surface area contributed by atoms with Gasteiger partial charge in [0.1, 0.15) is 5.75 Å². The lowest BCUT2D eigenvalue weighted by atomic mass is 10.1. The fourth-order valence-electron chi connectivity index (χ4n) is 1.26. The molecule has 0 amide bonds. The second-order valence-electron chi connectivity index (χ2n) is 3.58. The number of carbonyl (C=O) groups is 1. The second-order valence-corrected chi connectivity index (χ2v) is 3.58. The van der Waals surface area contributed by atoms with E-state index in [2.05, 4.69) is 0 Å². The number of hydrogen-bond donors (Lipinski definition) is 0. The molecule has 0 saturated heterocycles. The highest BCUT2D eigenvalue weighted by molar-refractivity contribution is 5.69. The second kappa shape index (κ2) is 4.74. The minimum absolute atomic E-state index is 0.374. The van der Waals surface area contributed by atoms with E-state index in [0.29, 0.717) is 11.3 Å². The van der Waals surface area contributed by atoms with Crippen LogP contribution in [0.25, 0.3) is 0 Å². The van der Waals surface area contributed by atoms with Gasteiger partial charge in [0.25, 0.3) is 0 Å². The molecule has 5 nitrogen and oxygen atoms in total. The number of rotatable bonds is 3. The summed E-state index contributed by atoms with van der Waals surface area (Å²) in [4.78, 5) is 21.1. The molecule has 16 heavy (non-hydrogen) atoms. The highest BCUT2D eigenvalue weighted by Gasteiger charge is 2.17. The molecule has 0 fully saturated rings. The lowest BCUT2D eigenvalue weighted by molar-refractivity contribution is -0.524. The Bertz CT molecular complexity index is 428. The molecule has 0 heterocycles. The first kappa shape index (κ1) is 12.2. The van der Waals surface area contributed by atoms with Gasteiger partial charge >= 0.3 is 5.97 Å². The molecule has 1 unspecified atom stereocenters. The molecule has 0 saturated carbocycles. The third-order valence-corrected chi connectivity index (χ3v) is 2.26. The molecule has 0 aliphatic rings. The van der Waals surface area contributed by atoms with Gasteiger partial charge in [0.05, 0.1) is 0 Å². The van der Waals surface area contributed by atoms with Crippen molar-refractivity contribution >= 4 is 5.97 Å². The first-order chi connectivity index (χ1) is 7.41. The zero-order chi connectivity index (χ0) is 12.3. The molecular weight excluding hydrogens is 210 g/mol. The highest BCUT2D eigenvalue weighted by atomic mass is 16.6. The van der Waals surface area contributed by atoms with Gasteiger partial charge in [0.15, 0.2) is 0 Å². The molecule has 5 heteroatoms. The van der Waals surface area contributed by atoms with Crippen molar-refractivity contribution in [3.05, 3.63) is 39.4 Å². The molecule has 0 bridgehead atoms. The summed E-state index contributed by atoms with van der Waals surface area (Å²) in [6.45, 7) is 4.56. The van der Waals surface area contributed by atoms with Crippen LogP contribution in [0.3, 0.4) is 0 Å². The summed E-state index contributed by atoms with van der Waals surface area (Å²) in [6.07, 6.45) is 0. The topological polar surface area (TPSA) is 69.4 Å². The Hall–Kier alpha value is -1.91. The smallest absolute Gasteiger partial charge is 0.308 e. The van der Waals surface area contributed by atoms with Crippen molar-refractivity contribution < 1.29 is 14.5 Å². The van der Waals surface area contributed by atoms with Gasteiger partial charge in [-0.2, -0.15) is 0 Å². The van der Waals surface area contributed by atoms with Gasteiger partial charge in [-0.25, -0.2) is 0 Å². The van der Waals surface area contributed by atoms with Crippen LogP contribution in [0.5, 0.6) is 5.75 Å². The molecule has 86 valence electrons. The third kappa shape index (κ3) is 2.79. The van der Waals surface area contributed by atoms with Crippen molar-refractivity contribution in [2.45, 2.75) is 26.8 Å². The number of aryl methyl sites for hydroxylation is 1. The van der Waals surface area contributed by atoms with Crippen LogP contribution in [0.2, 0.25) is 0 Å². The largest absolute Gasteiger partial charge is 0.426 e. The average molecular weight is 223 g/mol. The minimum atomic E-state index is -0.810. The van der Waals surface area contributed by atoms with E-state index in [1.54, 1.807) is 19.1 Å². The van der Waals surface area contributed by atoms with Gasteiger partial charge in [0.2, 0.25) is 6.04 Å². The number of nitro groups is 1. The maximum absolute atomic E-state index is 10.8. The van der Waals surface area contributed by atoms with Crippen molar-refractivity contribution in [2.24, 2.45) is 0 Å². The minimum Gasteiger partial charge on any atom is -0.426 e. The maximum Gasteiger partial charge on any atom is 0.308 e. The van der Waals surface area contributed by atoms with Gasteiger partial charge in [-0.1, -0.05) is 12.1 Å². The Kier molecular flexibility index (Phi) is 3.60. The molecule has 1 aromatic carbocycles. The summed E-state index contributed by atoms with van der Waals surface area (Å²) in [7, 11) is 0. The van der Waals surface area contributed by atoms with E-state index in [-0.39, 0.29) is 4.92 Å². The van der Waals surface area contributed by atoms with E-state index in [1.807, 2.05) is 0 Å². The number of nitrogens with zero attached hydrogens (tertiary/aromatic N) is 1. The van der Waals surface area contributed by atoms with Crippen LogP contribution >= 0.6 is 0 Å². The van der Waals surface area contributed by atoms with Crippen molar-refractivity contribution in [1.29, 1.82) is 0 Å². The van der Waals surface area contributed by atoms with Crippen LogP contribution in [0.15, 0.2) is 18.2 Å². The molecule has 1 atom stereocenters. The molecule has 0 radical (unpaired) electrons. The number of esters is 1. The van der Waals surface area contributed by atoms with E-state index >= 15 is 0 Å². The van der Waals surface area contributed by atoms with Crippen molar-refractivity contribution in [1.82, 2.24) is 0 Å². The highest BCUT2D eigenvalue weighted by Crippen LogP contribution is 2.24. The molecular formula is C11H13NO4. The van der Waals surface area contributed by atoms with Crippen LogP contribution in [0, 0.1) is 17.0 Å². The Morgan fingerprint density at radius 1 is 1.50 bits per heavy atom. The Morgan fingerprint density at radius 2 is 2.12 bits per heavy atom. The summed E-state index contributed by atoms with van der Waals surface area (Å²) in [5.41, 5.74) is 1.29. The molecule has 0 N–H and O–H groups in total. The number of benzene rings is 1. The molecule has 0 spiro atoms. The van der Waals surface area contributed by atoms with Crippen LogP contribution in [-0.4, -0.2) is 10.9 Å². The Morgan fingerprint density at radius 3 is 2.62 bits per heavy atom. The average Bonchev–Trinajstić information content (AvgIpc) is 2.19. The maximum atomic E-state index is 10.8. The lowest BCUT2D eigenvalue weighted by Crippen LogP contribution is -2.08. The molecule has 0 aliphatic heterocycles. The molecule has 1 aromatic rings. The Labute approximate surface area is 93.2 Å². The fraction of sp³-hybridized carbons (Fsp3) is 0.364. The monoisotopic (exact) mass is 223 g/mol. The molecule has 0 aliphatic carbocycles. The number of carbonyl (C=O) groups excluding carboxylic acids is 1. The Balaban J connectivity index is 3.06. The predicted octanol–water partition coefficient (Wildman–Crippen LogP) is 2.26. The van der Waals surface area contributed by atoms with Gasteiger partial charge in [-0.05, 0) is 18.6 Å². The SMILES string of the molecule is CC(=O)Oc1cc(C(C)[N+](=O)[O-])ccc1C. The molecule has 0 aromatic heterocycles. The van der Waals surface area contributed by atoms with E-state index in [4.69, 9.17) is 4.74 Å². The summed E-state index contributed by atoms with van der Waals surface area (Å²) >= 11 is 0. The fourth-order valence-corrected chi connectivity index (χ4v) is 1.26. The zero-order valence-electron chi connectivity index (χ0n) is 9.39. The van der Waals surface area contributed by atoms with Crippen LogP contribution < -0.4 is 4.74 Å². The third-order valence-electron chi connectivity index (χ3n) is 2.26. The standard InChI is InChI=1S/C11H13NO4/c1-7-4-5-10(8(2)12(14)15)6-11(7)16-9(3)13/h4-6,8H,1-3H3. The van der Waals surface area contributed by atoms with Crippen molar-refractivity contribution in [2.75, 3.05) is 0 Å². The van der Waals surface area contributed by atoms with Crippen LogP contribution in [0.1, 0.15) is 31.0 Å². The van der Waals surface area contributed by atoms with Gasteiger partial charge in [-0.15, -0.1) is 0 Å². The van der Waals surface area contributed by atoms with Gasteiger partial charge < -0.3 is 4.74 Å². The predicted molar refractivity (Wildman–Crippen MR) is 57.9 cm³/mol. The molecule has 1 rings (SSSR count). The van der Waals surface area contributed by atoms with E-state index < -0.39 is 12.0 Å². The van der Waals surface area contributed by atoms with Crippen molar-refractivity contribution in [3.8, 4) is 5.75 Å². The quantitative estimate of drug-likeness (QED) is 0.341. The summed E-state index contributed by atoms with van der Waals surface area (Å²) < 4.78 is 4.95. The lowest BCUT2D eigenvalue weighted by Gasteiger charge is -2.09.